The lowest BCUT2D eigenvalue weighted by atomic mass is 10.0. The minimum absolute atomic E-state index is 0.0585. The Morgan fingerprint density at radius 1 is 1.09 bits per heavy atom. The highest BCUT2D eigenvalue weighted by Gasteiger charge is 2.28. The highest BCUT2D eigenvalue weighted by atomic mass is 19.4. The number of pyridine rings is 1. The van der Waals surface area contributed by atoms with E-state index in [1.165, 1.54) is 16.8 Å². The maximum atomic E-state index is 14.0. The Labute approximate surface area is 194 Å². The SMILES string of the molecule is Cc1cc(OCc2c(F)ccc(F)c2F)n2nc(C)c(C(=O)Cc3cnn(CC(F)(F)F)c3)c2c1. The van der Waals surface area contributed by atoms with Gasteiger partial charge in [-0.3, -0.25) is 9.48 Å². The van der Waals surface area contributed by atoms with E-state index in [-0.39, 0.29) is 17.9 Å². The zero-order chi connectivity index (χ0) is 25.5. The van der Waals surface area contributed by atoms with Crippen molar-refractivity contribution >= 4 is 11.3 Å². The number of aromatic nitrogens is 4. The minimum Gasteiger partial charge on any atom is -0.473 e. The summed E-state index contributed by atoms with van der Waals surface area (Å²) in [5, 5.41) is 7.92. The Balaban J connectivity index is 1.62. The van der Waals surface area contributed by atoms with Gasteiger partial charge in [-0.1, -0.05) is 0 Å². The number of fused-ring (bicyclic) bond motifs is 1. The lowest BCUT2D eigenvalue weighted by Gasteiger charge is -2.11. The summed E-state index contributed by atoms with van der Waals surface area (Å²) in [6.07, 6.45) is -2.33. The Morgan fingerprint density at radius 2 is 1.80 bits per heavy atom. The lowest BCUT2D eigenvalue weighted by molar-refractivity contribution is -0.142. The molecule has 0 bridgehead atoms. The molecular weight excluding hydrogens is 478 g/mol. The summed E-state index contributed by atoms with van der Waals surface area (Å²) < 4.78 is 86.7. The normalized spacial score (nSPS) is 11.9. The monoisotopic (exact) mass is 496 g/mol. The van der Waals surface area contributed by atoms with Gasteiger partial charge in [-0.15, -0.1) is 0 Å². The molecule has 4 rings (SSSR count). The van der Waals surface area contributed by atoms with Crippen LogP contribution in [-0.4, -0.2) is 31.4 Å². The topological polar surface area (TPSA) is 61.4 Å². The van der Waals surface area contributed by atoms with Crippen molar-refractivity contribution in [2.45, 2.75) is 39.6 Å². The van der Waals surface area contributed by atoms with Crippen LogP contribution in [0.15, 0.2) is 36.7 Å². The second kappa shape index (κ2) is 9.08. The van der Waals surface area contributed by atoms with Gasteiger partial charge in [-0.2, -0.15) is 23.4 Å². The first-order valence-electron chi connectivity index (χ1n) is 10.3. The number of nitrogens with zero attached hydrogens (tertiary/aromatic N) is 4. The predicted molar refractivity (Wildman–Crippen MR) is 112 cm³/mol. The number of ketones is 1. The molecule has 6 nitrogen and oxygen atoms in total. The van der Waals surface area contributed by atoms with Gasteiger partial charge < -0.3 is 4.74 Å². The molecule has 0 unspecified atom stereocenters. The number of benzene rings is 1. The number of carbonyl (C=O) groups is 1. The van der Waals surface area contributed by atoms with E-state index in [2.05, 4.69) is 10.2 Å². The number of hydrogen-bond acceptors (Lipinski definition) is 4. The molecule has 0 aliphatic carbocycles. The fourth-order valence-corrected chi connectivity index (χ4v) is 3.70. The Morgan fingerprint density at radius 3 is 2.51 bits per heavy atom. The molecule has 1 aromatic carbocycles. The van der Waals surface area contributed by atoms with Gasteiger partial charge >= 0.3 is 6.18 Å². The van der Waals surface area contributed by atoms with Crippen molar-refractivity contribution in [1.82, 2.24) is 19.4 Å². The van der Waals surface area contributed by atoms with Crippen LogP contribution in [0.4, 0.5) is 26.3 Å². The van der Waals surface area contributed by atoms with Crippen LogP contribution in [-0.2, 0) is 19.6 Å². The summed E-state index contributed by atoms with van der Waals surface area (Å²) in [6.45, 7) is 1.37. The zero-order valence-electron chi connectivity index (χ0n) is 18.5. The molecule has 0 fully saturated rings. The molecule has 0 radical (unpaired) electrons. The van der Waals surface area contributed by atoms with Crippen LogP contribution in [0.1, 0.15) is 32.7 Å². The van der Waals surface area contributed by atoms with E-state index in [4.69, 9.17) is 4.74 Å². The average Bonchev–Trinajstić information content (AvgIpc) is 3.32. The van der Waals surface area contributed by atoms with Gasteiger partial charge in [0.1, 0.15) is 19.0 Å². The van der Waals surface area contributed by atoms with Crippen LogP contribution in [0, 0.1) is 31.3 Å². The molecule has 0 atom stereocenters. The van der Waals surface area contributed by atoms with E-state index in [0.29, 0.717) is 33.1 Å². The van der Waals surface area contributed by atoms with E-state index in [9.17, 15) is 31.1 Å². The molecule has 0 aliphatic heterocycles. The smallest absolute Gasteiger partial charge is 0.408 e. The molecule has 12 heteroatoms. The van der Waals surface area contributed by atoms with Crippen molar-refractivity contribution < 1.29 is 35.9 Å². The summed E-state index contributed by atoms with van der Waals surface area (Å²) >= 11 is 0. The van der Waals surface area contributed by atoms with Gasteiger partial charge in [-0.25, -0.2) is 17.7 Å². The maximum absolute atomic E-state index is 14.0. The Kier molecular flexibility index (Phi) is 6.30. The minimum atomic E-state index is -4.45. The average molecular weight is 496 g/mol. The second-order valence-corrected chi connectivity index (χ2v) is 8.00. The molecule has 184 valence electrons. The molecule has 0 spiro atoms. The molecule has 0 aliphatic rings. The van der Waals surface area contributed by atoms with E-state index in [1.807, 2.05) is 0 Å². The summed E-state index contributed by atoms with van der Waals surface area (Å²) in [7, 11) is 0. The first-order valence-corrected chi connectivity index (χ1v) is 10.3. The van der Waals surface area contributed by atoms with Gasteiger partial charge in [-0.05, 0) is 43.2 Å². The van der Waals surface area contributed by atoms with Gasteiger partial charge in [0, 0.05) is 18.7 Å². The van der Waals surface area contributed by atoms with Crippen LogP contribution in [0.3, 0.4) is 0 Å². The quantitative estimate of drug-likeness (QED) is 0.202. The highest BCUT2D eigenvalue weighted by molar-refractivity contribution is 6.04. The third-order valence-electron chi connectivity index (χ3n) is 5.20. The predicted octanol–water partition coefficient (Wildman–Crippen LogP) is 5.13. The number of carbonyl (C=O) groups excluding carboxylic acids is 1. The largest absolute Gasteiger partial charge is 0.473 e. The van der Waals surface area contributed by atoms with Crippen molar-refractivity contribution in [2.24, 2.45) is 0 Å². The summed E-state index contributed by atoms with van der Waals surface area (Å²) in [6, 6.07) is 4.63. The van der Waals surface area contributed by atoms with E-state index in [0.717, 1.165) is 12.3 Å². The number of aryl methyl sites for hydroxylation is 2. The number of Topliss-reactive ketones (excluding diaryl/α,β-unsaturated/α-hetero) is 1. The first kappa shape index (κ1) is 24.3. The van der Waals surface area contributed by atoms with Crippen LogP contribution in [0.25, 0.3) is 5.52 Å². The number of rotatable bonds is 7. The lowest BCUT2D eigenvalue weighted by Crippen LogP contribution is -2.17. The Bertz CT molecular complexity index is 1420. The van der Waals surface area contributed by atoms with Crippen molar-refractivity contribution in [3.05, 3.63) is 82.1 Å². The third-order valence-corrected chi connectivity index (χ3v) is 5.20. The van der Waals surface area contributed by atoms with Crippen molar-refractivity contribution in [3.8, 4) is 5.88 Å². The van der Waals surface area contributed by atoms with Crippen LogP contribution < -0.4 is 4.74 Å². The number of ether oxygens (including phenoxy) is 1. The first-order chi connectivity index (χ1) is 16.4. The van der Waals surface area contributed by atoms with Gasteiger partial charge in [0.25, 0.3) is 0 Å². The highest BCUT2D eigenvalue weighted by Crippen LogP contribution is 2.26. The van der Waals surface area contributed by atoms with E-state index >= 15 is 0 Å². The standard InChI is InChI=1S/C23H18F6N4O2/c1-12-5-18-21(19(34)7-14-8-30-32(9-14)11-23(27,28)29)13(2)31-33(18)20(6-12)35-10-15-16(24)3-4-17(25)22(15)26/h3-6,8-9H,7,10-11H2,1-2H3. The maximum Gasteiger partial charge on any atom is 0.408 e. The van der Waals surface area contributed by atoms with Crippen LogP contribution in [0.5, 0.6) is 5.88 Å². The van der Waals surface area contributed by atoms with Crippen molar-refractivity contribution in [2.75, 3.05) is 0 Å². The zero-order valence-corrected chi connectivity index (χ0v) is 18.5. The van der Waals surface area contributed by atoms with Crippen LogP contribution in [0.2, 0.25) is 0 Å². The molecule has 0 amide bonds. The number of alkyl halides is 3. The molecule has 3 aromatic heterocycles. The van der Waals surface area contributed by atoms with E-state index < -0.39 is 48.1 Å². The third kappa shape index (κ3) is 5.15. The summed E-state index contributed by atoms with van der Waals surface area (Å²) in [4.78, 5) is 13.0. The number of halogens is 6. The molecule has 4 aromatic rings. The molecule has 3 heterocycles. The van der Waals surface area contributed by atoms with Gasteiger partial charge in [0.15, 0.2) is 17.4 Å². The van der Waals surface area contributed by atoms with Gasteiger partial charge in [0.05, 0.1) is 28.5 Å². The molecule has 0 saturated carbocycles. The van der Waals surface area contributed by atoms with Crippen molar-refractivity contribution in [3.63, 3.8) is 0 Å². The molecule has 0 saturated heterocycles. The van der Waals surface area contributed by atoms with Gasteiger partial charge in [0.2, 0.25) is 5.88 Å². The second-order valence-electron chi connectivity index (χ2n) is 8.00. The molecule has 0 N–H and O–H groups in total. The Hall–Kier alpha value is -3.83. The molecule has 35 heavy (non-hydrogen) atoms. The van der Waals surface area contributed by atoms with Crippen LogP contribution >= 0.6 is 0 Å². The number of hydrogen-bond donors (Lipinski definition) is 0. The van der Waals surface area contributed by atoms with E-state index in [1.54, 1.807) is 19.9 Å². The summed E-state index contributed by atoms with van der Waals surface area (Å²) in [5.74, 6) is -3.93. The summed E-state index contributed by atoms with van der Waals surface area (Å²) in [5.41, 5.74) is 1.20. The fourth-order valence-electron chi connectivity index (χ4n) is 3.70. The fraction of sp³-hybridized carbons (Fsp3) is 0.261. The van der Waals surface area contributed by atoms with Crippen molar-refractivity contribution in [1.29, 1.82) is 0 Å². The molecular formula is C23H18F6N4O2.